The zero-order chi connectivity index (χ0) is 15.4. The molecule has 5 heteroatoms. The number of nitrogens with two attached hydrogens (primary N) is 1. The Labute approximate surface area is 135 Å². The number of hydrogen-bond acceptors (Lipinski definition) is 3. The predicted octanol–water partition coefficient (Wildman–Crippen LogP) is 3.81. The minimum Gasteiger partial charge on any atom is -0.378 e. The molecule has 0 fully saturated rings. The van der Waals surface area contributed by atoms with Crippen molar-refractivity contribution in [2.75, 3.05) is 19.0 Å². The topological polar surface area (TPSA) is 41.3 Å². The van der Waals surface area contributed by atoms with E-state index < -0.39 is 0 Å². The third kappa shape index (κ3) is 4.11. The molecule has 3 nitrogen and oxygen atoms in total. The number of rotatable bonds is 5. The van der Waals surface area contributed by atoms with Crippen LogP contribution in [0.1, 0.15) is 17.2 Å². The van der Waals surface area contributed by atoms with Crippen molar-refractivity contribution in [2.45, 2.75) is 12.5 Å². The van der Waals surface area contributed by atoms with E-state index in [1.807, 2.05) is 26.2 Å². The summed E-state index contributed by atoms with van der Waals surface area (Å²) < 4.78 is 0. The molecule has 0 amide bonds. The molecule has 3 N–H and O–H groups in total. The molecular weight excluding hydrogens is 305 g/mol. The number of benzene rings is 2. The Morgan fingerprint density at radius 1 is 1.10 bits per heavy atom. The summed E-state index contributed by atoms with van der Waals surface area (Å²) in [5, 5.41) is 1.37. The van der Waals surface area contributed by atoms with Crippen molar-refractivity contribution in [1.82, 2.24) is 5.43 Å². The molecule has 0 aliphatic rings. The Morgan fingerprint density at radius 2 is 1.76 bits per heavy atom. The highest BCUT2D eigenvalue weighted by molar-refractivity contribution is 6.33. The summed E-state index contributed by atoms with van der Waals surface area (Å²) in [5.74, 6) is 5.70. The lowest BCUT2D eigenvalue weighted by Crippen LogP contribution is -2.29. The van der Waals surface area contributed by atoms with Crippen molar-refractivity contribution in [2.24, 2.45) is 5.84 Å². The zero-order valence-electron chi connectivity index (χ0n) is 12.1. The van der Waals surface area contributed by atoms with Crippen LogP contribution in [0.3, 0.4) is 0 Å². The van der Waals surface area contributed by atoms with Crippen molar-refractivity contribution < 1.29 is 0 Å². The van der Waals surface area contributed by atoms with Crippen LogP contribution in [0.15, 0.2) is 42.5 Å². The second kappa shape index (κ2) is 7.14. The molecule has 0 saturated carbocycles. The van der Waals surface area contributed by atoms with Gasteiger partial charge in [-0.1, -0.05) is 35.3 Å². The van der Waals surface area contributed by atoms with Gasteiger partial charge in [0.25, 0.3) is 0 Å². The molecule has 0 heterocycles. The first-order valence-electron chi connectivity index (χ1n) is 6.68. The van der Waals surface area contributed by atoms with Gasteiger partial charge in [0, 0.05) is 29.8 Å². The molecule has 2 aromatic rings. The van der Waals surface area contributed by atoms with Gasteiger partial charge in [0.2, 0.25) is 0 Å². The highest BCUT2D eigenvalue weighted by Crippen LogP contribution is 2.26. The molecule has 0 aliphatic heterocycles. The van der Waals surface area contributed by atoms with E-state index in [0.717, 1.165) is 16.8 Å². The summed E-state index contributed by atoms with van der Waals surface area (Å²) in [7, 11) is 4.03. The Balaban J connectivity index is 2.21. The molecule has 0 bridgehead atoms. The van der Waals surface area contributed by atoms with E-state index in [9.17, 15) is 0 Å². The molecule has 2 aromatic carbocycles. The van der Waals surface area contributed by atoms with Gasteiger partial charge >= 0.3 is 0 Å². The van der Waals surface area contributed by atoms with E-state index in [0.29, 0.717) is 16.5 Å². The van der Waals surface area contributed by atoms with Crippen molar-refractivity contribution in [3.05, 3.63) is 63.6 Å². The molecule has 112 valence electrons. The Kier molecular flexibility index (Phi) is 5.48. The van der Waals surface area contributed by atoms with Crippen LogP contribution in [-0.4, -0.2) is 14.1 Å². The fourth-order valence-electron chi connectivity index (χ4n) is 2.20. The molecule has 0 radical (unpaired) electrons. The fraction of sp³-hybridized carbons (Fsp3) is 0.250. The van der Waals surface area contributed by atoms with Gasteiger partial charge < -0.3 is 4.90 Å². The maximum absolute atomic E-state index is 6.22. The number of hydrazine groups is 1. The molecule has 1 unspecified atom stereocenters. The van der Waals surface area contributed by atoms with E-state index >= 15 is 0 Å². The van der Waals surface area contributed by atoms with E-state index in [4.69, 9.17) is 29.0 Å². The molecule has 0 aliphatic carbocycles. The third-order valence-electron chi connectivity index (χ3n) is 3.44. The predicted molar refractivity (Wildman–Crippen MR) is 91.0 cm³/mol. The summed E-state index contributed by atoms with van der Waals surface area (Å²) in [6.45, 7) is 0. The number of halogens is 2. The largest absolute Gasteiger partial charge is 0.378 e. The van der Waals surface area contributed by atoms with Crippen LogP contribution in [0, 0.1) is 0 Å². The third-order valence-corrected chi connectivity index (χ3v) is 4.05. The monoisotopic (exact) mass is 323 g/mol. The van der Waals surface area contributed by atoms with Crippen LogP contribution < -0.4 is 16.2 Å². The molecule has 1 atom stereocenters. The van der Waals surface area contributed by atoms with E-state index in [2.05, 4.69) is 34.6 Å². The Hall–Kier alpha value is -1.26. The zero-order valence-corrected chi connectivity index (χ0v) is 13.6. The standard InChI is InChI=1S/C16H19Cl2N3/c1-21(2)14-6-3-11(4-7-14)16(20-19)10-12-9-13(17)5-8-15(12)18/h3-9,16,20H,10,19H2,1-2H3. The SMILES string of the molecule is CN(C)c1ccc(C(Cc2cc(Cl)ccc2Cl)NN)cc1. The van der Waals surface area contributed by atoms with Gasteiger partial charge in [0.05, 0.1) is 6.04 Å². The lowest BCUT2D eigenvalue weighted by atomic mass is 9.99. The molecule has 21 heavy (non-hydrogen) atoms. The highest BCUT2D eigenvalue weighted by atomic mass is 35.5. The van der Waals surface area contributed by atoms with Gasteiger partial charge in [-0.05, 0) is 47.9 Å². The fourth-order valence-corrected chi connectivity index (χ4v) is 2.59. The molecule has 0 saturated heterocycles. The van der Waals surface area contributed by atoms with Crippen LogP contribution in [0.5, 0.6) is 0 Å². The first kappa shape index (κ1) is 16.1. The Bertz CT molecular complexity index is 597. The van der Waals surface area contributed by atoms with Gasteiger partial charge in [0.15, 0.2) is 0 Å². The second-order valence-electron chi connectivity index (χ2n) is 5.15. The van der Waals surface area contributed by atoms with Crippen molar-refractivity contribution >= 4 is 28.9 Å². The first-order valence-corrected chi connectivity index (χ1v) is 7.44. The smallest absolute Gasteiger partial charge is 0.0500 e. The second-order valence-corrected chi connectivity index (χ2v) is 5.99. The number of anilines is 1. The lowest BCUT2D eigenvalue weighted by molar-refractivity contribution is 0.552. The minimum atomic E-state index is -0.0165. The van der Waals surface area contributed by atoms with Crippen molar-refractivity contribution in [3.63, 3.8) is 0 Å². The van der Waals surface area contributed by atoms with Gasteiger partial charge in [0.1, 0.15) is 0 Å². The molecule has 2 rings (SSSR count). The van der Waals surface area contributed by atoms with Crippen LogP contribution >= 0.6 is 23.2 Å². The van der Waals surface area contributed by atoms with Gasteiger partial charge in [-0.2, -0.15) is 0 Å². The summed E-state index contributed by atoms with van der Waals surface area (Å²) in [4.78, 5) is 2.06. The van der Waals surface area contributed by atoms with Crippen LogP contribution in [0.25, 0.3) is 0 Å². The maximum atomic E-state index is 6.22. The average molecular weight is 324 g/mol. The molecule has 0 spiro atoms. The van der Waals surface area contributed by atoms with Crippen LogP contribution in [0.4, 0.5) is 5.69 Å². The van der Waals surface area contributed by atoms with Gasteiger partial charge in [-0.25, -0.2) is 0 Å². The average Bonchev–Trinajstić information content (AvgIpc) is 2.48. The van der Waals surface area contributed by atoms with Gasteiger partial charge in [-0.3, -0.25) is 11.3 Å². The number of hydrogen-bond donors (Lipinski definition) is 2. The Morgan fingerprint density at radius 3 is 2.33 bits per heavy atom. The summed E-state index contributed by atoms with van der Waals surface area (Å²) in [6, 6.07) is 13.7. The van der Waals surface area contributed by atoms with Crippen LogP contribution in [-0.2, 0) is 6.42 Å². The summed E-state index contributed by atoms with van der Waals surface area (Å²) >= 11 is 12.2. The molecular formula is C16H19Cl2N3. The number of nitrogens with zero attached hydrogens (tertiary/aromatic N) is 1. The lowest BCUT2D eigenvalue weighted by Gasteiger charge is -2.19. The minimum absolute atomic E-state index is 0.0165. The highest BCUT2D eigenvalue weighted by Gasteiger charge is 2.13. The maximum Gasteiger partial charge on any atom is 0.0500 e. The first-order chi connectivity index (χ1) is 10.0. The summed E-state index contributed by atoms with van der Waals surface area (Å²) in [6.07, 6.45) is 0.678. The normalized spacial score (nSPS) is 12.2. The van der Waals surface area contributed by atoms with Crippen LogP contribution in [0.2, 0.25) is 10.0 Å². The van der Waals surface area contributed by atoms with Crippen molar-refractivity contribution in [1.29, 1.82) is 0 Å². The van der Waals surface area contributed by atoms with E-state index in [-0.39, 0.29) is 6.04 Å². The quantitative estimate of drug-likeness (QED) is 0.649. The molecule has 0 aromatic heterocycles. The van der Waals surface area contributed by atoms with E-state index in [1.54, 1.807) is 6.07 Å². The summed E-state index contributed by atoms with van der Waals surface area (Å²) in [5.41, 5.74) is 6.08. The van der Waals surface area contributed by atoms with E-state index in [1.165, 1.54) is 0 Å². The van der Waals surface area contributed by atoms with Gasteiger partial charge in [-0.15, -0.1) is 0 Å². The van der Waals surface area contributed by atoms with Crippen molar-refractivity contribution in [3.8, 4) is 0 Å². The number of nitrogens with one attached hydrogen (secondary N) is 1.